The number of aliphatic hydroxyl groups is 1. The maximum Gasteiger partial charge on any atom is 0.255 e. The van der Waals surface area contributed by atoms with Gasteiger partial charge < -0.3 is 14.9 Å². The van der Waals surface area contributed by atoms with E-state index >= 15 is 0 Å². The van der Waals surface area contributed by atoms with E-state index in [-0.39, 0.29) is 18.4 Å². The first-order valence-electron chi connectivity index (χ1n) is 9.34. The summed E-state index contributed by atoms with van der Waals surface area (Å²) in [5, 5.41) is 19.0. The second-order valence-corrected chi connectivity index (χ2v) is 7.29. The van der Waals surface area contributed by atoms with E-state index in [1.807, 2.05) is 4.90 Å². The van der Waals surface area contributed by atoms with E-state index in [2.05, 4.69) is 11.0 Å². The second kappa shape index (κ2) is 8.46. The fraction of sp³-hybridized carbons (Fsp3) is 0.600. The maximum absolute atomic E-state index is 12.9. The zero-order valence-corrected chi connectivity index (χ0v) is 14.7. The molecular weight excluding hydrogens is 314 g/mol. The minimum Gasteiger partial charge on any atom is -0.396 e. The molecule has 1 aromatic carbocycles. The quantitative estimate of drug-likeness (QED) is 0.911. The molecule has 0 bridgehead atoms. The van der Waals surface area contributed by atoms with E-state index in [9.17, 15) is 15.2 Å². The van der Waals surface area contributed by atoms with E-state index in [1.165, 1.54) is 25.7 Å². The van der Waals surface area contributed by atoms with Crippen molar-refractivity contribution < 1.29 is 9.90 Å². The summed E-state index contributed by atoms with van der Waals surface area (Å²) >= 11 is 0. The molecule has 2 aliphatic heterocycles. The Kier molecular flexibility index (Phi) is 6.06. The zero-order valence-electron chi connectivity index (χ0n) is 14.7. The van der Waals surface area contributed by atoms with Crippen molar-refractivity contribution in [1.29, 1.82) is 5.26 Å². The Bertz CT molecular complexity index is 632. The smallest absolute Gasteiger partial charge is 0.255 e. The molecule has 3 rings (SSSR count). The van der Waals surface area contributed by atoms with Crippen molar-refractivity contribution in [2.75, 3.05) is 39.3 Å². The van der Waals surface area contributed by atoms with Crippen LogP contribution in [0.5, 0.6) is 0 Å². The lowest BCUT2D eigenvalue weighted by molar-refractivity contribution is 0.0778. The summed E-state index contributed by atoms with van der Waals surface area (Å²) in [7, 11) is 0. The summed E-state index contributed by atoms with van der Waals surface area (Å²) in [6.07, 6.45) is 5.10. The molecule has 5 nitrogen and oxygen atoms in total. The number of benzene rings is 1. The lowest BCUT2D eigenvalue weighted by atomic mass is 9.96. The van der Waals surface area contributed by atoms with Crippen LogP contribution in [0.3, 0.4) is 0 Å². The first-order chi connectivity index (χ1) is 12.2. The van der Waals surface area contributed by atoms with Gasteiger partial charge in [0, 0.05) is 32.2 Å². The maximum atomic E-state index is 12.9. The van der Waals surface area contributed by atoms with Gasteiger partial charge in [-0.15, -0.1) is 0 Å². The third kappa shape index (κ3) is 4.20. The standard InChI is InChI=1S/C20H27N3O2/c21-11-16-7-3-4-8-19(16)20(25)23-13-17(18(14-23)15-24)12-22-9-5-1-2-6-10-22/h3-4,7-8,17-18,24H,1-2,5-6,9-10,12-15H2/t17-,18-/m1/s1. The Labute approximate surface area is 149 Å². The van der Waals surface area contributed by atoms with E-state index in [1.54, 1.807) is 24.3 Å². The molecule has 1 N–H and O–H groups in total. The van der Waals surface area contributed by atoms with E-state index in [0.717, 1.165) is 19.6 Å². The molecule has 2 saturated heterocycles. The lowest BCUT2D eigenvalue weighted by Gasteiger charge is -2.26. The summed E-state index contributed by atoms with van der Waals surface area (Å²) in [6, 6.07) is 9.07. The van der Waals surface area contributed by atoms with Gasteiger partial charge >= 0.3 is 0 Å². The number of nitrogens with zero attached hydrogens (tertiary/aromatic N) is 3. The molecule has 0 aliphatic carbocycles. The summed E-state index contributed by atoms with van der Waals surface area (Å²) in [6.45, 7) is 4.56. The van der Waals surface area contributed by atoms with Crippen LogP contribution < -0.4 is 0 Å². The average Bonchev–Trinajstić information content (AvgIpc) is 2.87. The van der Waals surface area contributed by atoms with Gasteiger partial charge in [-0.1, -0.05) is 25.0 Å². The molecule has 134 valence electrons. The highest BCUT2D eigenvalue weighted by molar-refractivity contribution is 5.96. The van der Waals surface area contributed by atoms with Gasteiger partial charge in [0.05, 0.1) is 17.2 Å². The van der Waals surface area contributed by atoms with Gasteiger partial charge in [-0.05, 0) is 44.0 Å². The van der Waals surface area contributed by atoms with Crippen LogP contribution in [0.1, 0.15) is 41.6 Å². The van der Waals surface area contributed by atoms with Crippen LogP contribution in [0, 0.1) is 23.2 Å². The molecule has 0 saturated carbocycles. The Morgan fingerprint density at radius 2 is 1.80 bits per heavy atom. The Morgan fingerprint density at radius 1 is 1.12 bits per heavy atom. The molecule has 0 spiro atoms. The van der Waals surface area contributed by atoms with Crippen LogP contribution >= 0.6 is 0 Å². The summed E-state index contributed by atoms with van der Waals surface area (Å²) < 4.78 is 0. The predicted molar refractivity (Wildman–Crippen MR) is 96.0 cm³/mol. The van der Waals surface area contributed by atoms with Crippen LogP contribution in [-0.2, 0) is 0 Å². The number of hydrogen-bond acceptors (Lipinski definition) is 4. The number of carbonyl (C=O) groups excluding carboxylic acids is 1. The summed E-state index contributed by atoms with van der Waals surface area (Å²) in [5.74, 6) is 0.344. The van der Waals surface area contributed by atoms with E-state index in [0.29, 0.717) is 30.1 Å². The number of nitriles is 1. The van der Waals surface area contributed by atoms with Gasteiger partial charge in [-0.25, -0.2) is 0 Å². The third-order valence-electron chi connectivity index (χ3n) is 5.57. The van der Waals surface area contributed by atoms with Crippen LogP contribution in [0.15, 0.2) is 24.3 Å². The second-order valence-electron chi connectivity index (χ2n) is 7.29. The average molecular weight is 341 g/mol. The van der Waals surface area contributed by atoms with E-state index < -0.39 is 0 Å². The summed E-state index contributed by atoms with van der Waals surface area (Å²) in [5.41, 5.74) is 0.890. The Balaban J connectivity index is 1.68. The zero-order chi connectivity index (χ0) is 17.6. The molecule has 25 heavy (non-hydrogen) atoms. The van der Waals surface area contributed by atoms with Gasteiger partial charge in [0.2, 0.25) is 0 Å². The highest BCUT2D eigenvalue weighted by atomic mass is 16.3. The van der Waals surface area contributed by atoms with Crippen molar-refractivity contribution in [3.63, 3.8) is 0 Å². The van der Waals surface area contributed by atoms with E-state index in [4.69, 9.17) is 0 Å². The van der Waals surface area contributed by atoms with Crippen molar-refractivity contribution in [3.05, 3.63) is 35.4 Å². The van der Waals surface area contributed by atoms with Crippen molar-refractivity contribution in [3.8, 4) is 6.07 Å². The fourth-order valence-corrected chi connectivity index (χ4v) is 4.11. The van der Waals surface area contributed by atoms with Gasteiger partial charge in [0.15, 0.2) is 0 Å². The summed E-state index contributed by atoms with van der Waals surface area (Å²) in [4.78, 5) is 17.2. The van der Waals surface area contributed by atoms with Gasteiger partial charge in [-0.3, -0.25) is 4.79 Å². The number of carbonyl (C=O) groups is 1. The molecule has 2 atom stereocenters. The number of likely N-dealkylation sites (tertiary alicyclic amines) is 2. The molecule has 5 heteroatoms. The molecule has 0 aromatic heterocycles. The molecule has 0 unspecified atom stereocenters. The van der Waals surface area contributed by atoms with Crippen LogP contribution in [0.25, 0.3) is 0 Å². The minimum absolute atomic E-state index is 0.0889. The Morgan fingerprint density at radius 3 is 2.48 bits per heavy atom. The third-order valence-corrected chi connectivity index (χ3v) is 5.57. The van der Waals surface area contributed by atoms with Crippen LogP contribution in [0.4, 0.5) is 0 Å². The molecular formula is C20H27N3O2. The van der Waals surface area contributed by atoms with Crippen LogP contribution in [-0.4, -0.2) is 60.1 Å². The monoisotopic (exact) mass is 341 g/mol. The lowest BCUT2D eigenvalue weighted by Crippen LogP contribution is -2.35. The van der Waals surface area contributed by atoms with Gasteiger partial charge in [0.1, 0.15) is 0 Å². The Hall–Kier alpha value is -1.90. The number of aliphatic hydroxyl groups excluding tert-OH is 1. The molecule has 0 radical (unpaired) electrons. The first-order valence-corrected chi connectivity index (χ1v) is 9.34. The molecule has 1 aromatic rings. The van der Waals surface area contributed by atoms with Gasteiger partial charge in [-0.2, -0.15) is 5.26 Å². The van der Waals surface area contributed by atoms with Crippen molar-refractivity contribution >= 4 is 5.91 Å². The SMILES string of the molecule is N#Cc1ccccc1C(=O)N1C[C@@H](CN2CCCCCC2)[C@@H](CO)C1. The first kappa shape index (κ1) is 17.9. The normalized spacial score (nSPS) is 24.7. The highest BCUT2D eigenvalue weighted by Gasteiger charge is 2.36. The molecule has 2 heterocycles. The highest BCUT2D eigenvalue weighted by Crippen LogP contribution is 2.27. The largest absolute Gasteiger partial charge is 0.396 e. The van der Waals surface area contributed by atoms with Crippen molar-refractivity contribution in [1.82, 2.24) is 9.80 Å². The predicted octanol–water partition coefficient (Wildman–Crippen LogP) is 2.11. The number of rotatable bonds is 4. The topological polar surface area (TPSA) is 67.6 Å². The van der Waals surface area contributed by atoms with Gasteiger partial charge in [0.25, 0.3) is 5.91 Å². The molecule has 1 amide bonds. The molecule has 2 fully saturated rings. The van der Waals surface area contributed by atoms with Crippen molar-refractivity contribution in [2.24, 2.45) is 11.8 Å². The number of hydrogen-bond donors (Lipinski definition) is 1. The van der Waals surface area contributed by atoms with Crippen LogP contribution in [0.2, 0.25) is 0 Å². The fourth-order valence-electron chi connectivity index (χ4n) is 4.11. The van der Waals surface area contributed by atoms with Crippen molar-refractivity contribution in [2.45, 2.75) is 25.7 Å². The minimum atomic E-state index is -0.0889. The molecule has 2 aliphatic rings. The number of amides is 1.